The lowest BCUT2D eigenvalue weighted by Gasteiger charge is -2.41. The monoisotopic (exact) mass is 474 g/mol. The minimum absolute atomic E-state index is 0.0108. The topological polar surface area (TPSA) is 42.0 Å². The van der Waals surface area contributed by atoms with Gasteiger partial charge >= 0.3 is 0 Å². The van der Waals surface area contributed by atoms with E-state index in [4.69, 9.17) is 21.1 Å². The van der Waals surface area contributed by atoms with Crippen molar-refractivity contribution in [2.45, 2.75) is 50.8 Å². The Kier molecular flexibility index (Phi) is 8.23. The molecule has 4 rings (SSSR count). The number of rotatable bonds is 3. The van der Waals surface area contributed by atoms with Gasteiger partial charge in [-0.05, 0) is 56.5 Å². The molecule has 33 heavy (non-hydrogen) atoms. The van der Waals surface area contributed by atoms with Gasteiger partial charge in [0, 0.05) is 37.3 Å². The van der Waals surface area contributed by atoms with Crippen LogP contribution in [0.4, 0.5) is 4.39 Å². The van der Waals surface area contributed by atoms with Gasteiger partial charge in [0.2, 0.25) is 0 Å². The first kappa shape index (κ1) is 24.0. The molecule has 0 radical (unpaired) electrons. The molecular weight excluding hydrogens is 443 g/mol. The van der Waals surface area contributed by atoms with Crippen molar-refractivity contribution in [2.75, 3.05) is 33.4 Å². The lowest BCUT2D eigenvalue weighted by atomic mass is 9.93. The molecule has 0 aromatic heterocycles. The van der Waals surface area contributed by atoms with Crippen molar-refractivity contribution in [3.05, 3.63) is 64.4 Å². The summed E-state index contributed by atoms with van der Waals surface area (Å²) in [6, 6.07) is 12.3. The second kappa shape index (κ2) is 11.3. The van der Waals surface area contributed by atoms with Gasteiger partial charge in [-0.2, -0.15) is 0 Å². The van der Waals surface area contributed by atoms with Crippen LogP contribution in [0.3, 0.4) is 0 Å². The lowest BCUT2D eigenvalue weighted by molar-refractivity contribution is -0.0155. The van der Waals surface area contributed by atoms with Crippen molar-refractivity contribution in [3.63, 3.8) is 0 Å². The van der Waals surface area contributed by atoms with Crippen LogP contribution in [0, 0.1) is 5.82 Å². The highest BCUT2D eigenvalue weighted by atomic mass is 35.5. The van der Waals surface area contributed by atoms with E-state index in [1.54, 1.807) is 19.2 Å². The largest absolute Gasteiger partial charge is 0.491 e. The van der Waals surface area contributed by atoms with E-state index in [-0.39, 0.29) is 23.9 Å². The van der Waals surface area contributed by atoms with Gasteiger partial charge in [0.05, 0.1) is 17.7 Å². The molecule has 0 aliphatic carbocycles. The van der Waals surface area contributed by atoms with E-state index in [2.05, 4.69) is 4.90 Å². The van der Waals surface area contributed by atoms with Crippen LogP contribution in [0.15, 0.2) is 42.5 Å². The number of carbonyl (C=O) groups is 1. The van der Waals surface area contributed by atoms with Crippen molar-refractivity contribution >= 4 is 17.5 Å². The summed E-state index contributed by atoms with van der Waals surface area (Å²) in [7, 11) is 1.74. The SMILES string of the molecule is CO[C@H]1CCCN2C(=O)c3ccccc3OCCN(Cc3ccc(Cl)cc3F)CCCC[C@@H]12. The molecule has 1 fully saturated rings. The van der Waals surface area contributed by atoms with E-state index in [1.165, 1.54) is 6.07 Å². The quantitative estimate of drug-likeness (QED) is 0.616. The number of amides is 1. The van der Waals surface area contributed by atoms with E-state index in [0.717, 1.165) is 45.2 Å². The number of carbonyl (C=O) groups excluding carboxylic acids is 1. The Bertz CT molecular complexity index is 957. The summed E-state index contributed by atoms with van der Waals surface area (Å²) in [5.41, 5.74) is 1.21. The first-order valence-electron chi connectivity index (χ1n) is 11.8. The minimum atomic E-state index is -0.289. The van der Waals surface area contributed by atoms with Crippen LogP contribution in [-0.4, -0.2) is 61.2 Å². The number of hydrogen-bond acceptors (Lipinski definition) is 4. The van der Waals surface area contributed by atoms with E-state index < -0.39 is 0 Å². The summed E-state index contributed by atoms with van der Waals surface area (Å²) >= 11 is 5.92. The van der Waals surface area contributed by atoms with Crippen LogP contribution in [0.5, 0.6) is 5.75 Å². The Morgan fingerprint density at radius 1 is 1.09 bits per heavy atom. The van der Waals surface area contributed by atoms with Gasteiger partial charge in [-0.25, -0.2) is 4.39 Å². The highest BCUT2D eigenvalue weighted by Crippen LogP contribution is 2.29. The van der Waals surface area contributed by atoms with Crippen molar-refractivity contribution in [3.8, 4) is 5.75 Å². The van der Waals surface area contributed by atoms with Crippen LogP contribution in [0.2, 0.25) is 5.02 Å². The normalized spacial score (nSPS) is 22.9. The second-order valence-corrected chi connectivity index (χ2v) is 9.27. The lowest BCUT2D eigenvalue weighted by Crippen LogP contribution is -2.51. The number of fused-ring (bicyclic) bond motifs is 2. The minimum Gasteiger partial charge on any atom is -0.491 e. The Labute approximate surface area is 200 Å². The van der Waals surface area contributed by atoms with E-state index in [9.17, 15) is 9.18 Å². The first-order chi connectivity index (χ1) is 16.1. The molecule has 0 saturated carbocycles. The Balaban J connectivity index is 1.56. The summed E-state index contributed by atoms with van der Waals surface area (Å²) in [5, 5.41) is 0.399. The number of methoxy groups -OCH3 is 1. The summed E-state index contributed by atoms with van der Waals surface area (Å²) in [6.07, 6.45) is 4.75. The van der Waals surface area contributed by atoms with Gasteiger partial charge in [0.15, 0.2) is 0 Å². The summed E-state index contributed by atoms with van der Waals surface area (Å²) in [5.74, 6) is 0.317. The molecule has 0 bridgehead atoms. The van der Waals surface area contributed by atoms with Crippen molar-refractivity contribution < 1.29 is 18.7 Å². The maximum absolute atomic E-state index is 14.4. The molecule has 0 N–H and O–H groups in total. The Morgan fingerprint density at radius 2 is 1.94 bits per heavy atom. The fourth-order valence-electron chi connectivity index (χ4n) is 4.95. The average molecular weight is 475 g/mol. The number of ether oxygens (including phenoxy) is 2. The summed E-state index contributed by atoms with van der Waals surface area (Å²) in [4.78, 5) is 17.7. The van der Waals surface area contributed by atoms with Crippen LogP contribution < -0.4 is 4.74 Å². The van der Waals surface area contributed by atoms with Gasteiger partial charge in [-0.3, -0.25) is 9.69 Å². The van der Waals surface area contributed by atoms with Crippen LogP contribution in [-0.2, 0) is 11.3 Å². The number of hydrogen-bond donors (Lipinski definition) is 0. The number of halogens is 2. The maximum Gasteiger partial charge on any atom is 0.257 e. The predicted molar refractivity (Wildman–Crippen MR) is 127 cm³/mol. The molecule has 0 spiro atoms. The molecule has 178 valence electrons. The van der Waals surface area contributed by atoms with Gasteiger partial charge in [0.25, 0.3) is 5.91 Å². The second-order valence-electron chi connectivity index (χ2n) is 8.83. The maximum atomic E-state index is 14.4. The number of piperidine rings is 1. The molecule has 0 unspecified atom stereocenters. The highest BCUT2D eigenvalue weighted by Gasteiger charge is 2.35. The third kappa shape index (κ3) is 5.86. The molecule has 7 heteroatoms. The van der Waals surface area contributed by atoms with Gasteiger partial charge in [-0.15, -0.1) is 0 Å². The molecule has 2 aliphatic rings. The zero-order valence-electron chi connectivity index (χ0n) is 19.1. The molecule has 1 saturated heterocycles. The Hall–Kier alpha value is -2.15. The number of benzene rings is 2. The van der Waals surface area contributed by atoms with Crippen molar-refractivity contribution in [1.82, 2.24) is 9.80 Å². The van der Waals surface area contributed by atoms with Crippen molar-refractivity contribution in [1.29, 1.82) is 0 Å². The van der Waals surface area contributed by atoms with Crippen LogP contribution >= 0.6 is 11.6 Å². The molecule has 5 nitrogen and oxygen atoms in total. The molecule has 2 aromatic carbocycles. The number of nitrogens with zero attached hydrogens (tertiary/aromatic N) is 2. The highest BCUT2D eigenvalue weighted by molar-refractivity contribution is 6.30. The smallest absolute Gasteiger partial charge is 0.257 e. The molecule has 2 aliphatic heterocycles. The molecule has 2 heterocycles. The van der Waals surface area contributed by atoms with Gasteiger partial charge < -0.3 is 14.4 Å². The molecule has 2 atom stereocenters. The molecule has 1 amide bonds. The standard InChI is InChI=1S/C26H32ClFN2O3/c1-32-25-10-6-14-30-23(25)8-4-5-13-29(18-19-11-12-20(27)17-22(19)28)15-16-33-24-9-3-2-7-21(24)26(30)31/h2-3,7,9,11-12,17,23,25H,4-6,8,10,13-16,18H2,1H3/t23-,25-/m0/s1. The van der Waals surface area contributed by atoms with E-state index in [0.29, 0.717) is 41.6 Å². The zero-order valence-corrected chi connectivity index (χ0v) is 19.9. The summed E-state index contributed by atoms with van der Waals surface area (Å²) < 4.78 is 26.3. The molecular formula is C26H32ClFN2O3. The van der Waals surface area contributed by atoms with E-state index in [1.807, 2.05) is 29.2 Å². The van der Waals surface area contributed by atoms with Crippen LogP contribution in [0.25, 0.3) is 0 Å². The first-order valence-corrected chi connectivity index (χ1v) is 12.2. The fraction of sp³-hybridized carbons (Fsp3) is 0.500. The van der Waals surface area contributed by atoms with Gasteiger partial charge in [-0.1, -0.05) is 36.2 Å². The third-order valence-electron chi connectivity index (χ3n) is 6.70. The van der Waals surface area contributed by atoms with Gasteiger partial charge in [0.1, 0.15) is 18.2 Å². The number of para-hydroxylation sites is 1. The fourth-order valence-corrected chi connectivity index (χ4v) is 5.11. The van der Waals surface area contributed by atoms with Crippen LogP contribution in [0.1, 0.15) is 48.0 Å². The molecule has 2 aromatic rings. The summed E-state index contributed by atoms with van der Waals surface area (Å²) in [6.45, 7) is 3.11. The van der Waals surface area contributed by atoms with E-state index >= 15 is 0 Å². The average Bonchev–Trinajstić information content (AvgIpc) is 2.83. The predicted octanol–water partition coefficient (Wildman–Crippen LogP) is 5.16. The third-order valence-corrected chi connectivity index (χ3v) is 6.93. The zero-order chi connectivity index (χ0) is 23.2. The van der Waals surface area contributed by atoms with Crippen molar-refractivity contribution in [2.24, 2.45) is 0 Å². The Morgan fingerprint density at radius 3 is 2.76 bits per heavy atom.